The van der Waals surface area contributed by atoms with E-state index < -0.39 is 0 Å². The van der Waals surface area contributed by atoms with Crippen molar-refractivity contribution in [3.63, 3.8) is 0 Å². The Balaban J connectivity index is 2.15. The van der Waals surface area contributed by atoms with Gasteiger partial charge in [-0.3, -0.25) is 0 Å². The molecule has 6 heteroatoms. The fraction of sp³-hybridized carbons (Fsp3) is 0.333. The van der Waals surface area contributed by atoms with Gasteiger partial charge >= 0.3 is 0 Å². The second kappa shape index (κ2) is 5.84. The number of para-hydroxylation sites is 1. The van der Waals surface area contributed by atoms with Gasteiger partial charge in [0.25, 0.3) is 0 Å². The minimum atomic E-state index is 0.344. The summed E-state index contributed by atoms with van der Waals surface area (Å²) in [6.45, 7) is 1.05. The van der Waals surface area contributed by atoms with Crippen LogP contribution in [0.5, 0.6) is 5.75 Å². The summed E-state index contributed by atoms with van der Waals surface area (Å²) < 4.78 is 7.56. The minimum Gasteiger partial charge on any atom is -0.484 e. The van der Waals surface area contributed by atoms with E-state index in [9.17, 15) is 0 Å². The molecule has 5 nitrogen and oxygen atoms in total. The lowest BCUT2D eigenvalue weighted by molar-refractivity contribution is 0.288. The molecule has 96 valence electrons. The highest BCUT2D eigenvalue weighted by molar-refractivity contribution is 6.32. The maximum Gasteiger partial charge on any atom is 0.170 e. The number of ether oxygens (including phenoxy) is 1. The number of nitrogens with zero attached hydrogens (tertiary/aromatic N) is 3. The first-order chi connectivity index (χ1) is 8.72. The van der Waals surface area contributed by atoms with E-state index in [4.69, 9.17) is 16.3 Å². The molecule has 0 radical (unpaired) electrons. The molecule has 2 aromatic rings. The molecule has 2 rings (SSSR count). The molecule has 18 heavy (non-hydrogen) atoms. The van der Waals surface area contributed by atoms with Crippen molar-refractivity contribution in [3.05, 3.63) is 40.9 Å². The second-order valence-electron chi connectivity index (χ2n) is 3.91. The highest BCUT2D eigenvalue weighted by Crippen LogP contribution is 2.29. The van der Waals surface area contributed by atoms with E-state index in [-0.39, 0.29) is 0 Å². The van der Waals surface area contributed by atoms with Crippen LogP contribution in [0.1, 0.15) is 11.4 Å². The molecule has 0 aliphatic heterocycles. The van der Waals surface area contributed by atoms with Gasteiger partial charge in [-0.2, -0.15) is 0 Å². The molecule has 0 saturated heterocycles. The smallest absolute Gasteiger partial charge is 0.170 e. The Labute approximate surface area is 111 Å². The molecule has 1 aromatic heterocycles. The van der Waals surface area contributed by atoms with Gasteiger partial charge < -0.3 is 14.6 Å². The number of rotatable bonds is 5. The van der Waals surface area contributed by atoms with Crippen molar-refractivity contribution >= 4 is 11.6 Å². The third-order valence-corrected chi connectivity index (χ3v) is 2.86. The number of hydrogen-bond acceptors (Lipinski definition) is 4. The molecule has 0 atom stereocenters. The Morgan fingerprint density at radius 3 is 2.94 bits per heavy atom. The summed E-state index contributed by atoms with van der Waals surface area (Å²) in [4.78, 5) is 0. The van der Waals surface area contributed by atoms with E-state index in [1.54, 1.807) is 6.33 Å². The predicted octanol–water partition coefficient (Wildman–Crippen LogP) is 1.77. The van der Waals surface area contributed by atoms with Crippen LogP contribution in [-0.2, 0) is 20.2 Å². The van der Waals surface area contributed by atoms with Crippen molar-refractivity contribution < 1.29 is 4.74 Å². The number of hydrogen-bond donors (Lipinski definition) is 1. The van der Waals surface area contributed by atoms with Crippen LogP contribution in [0, 0.1) is 0 Å². The van der Waals surface area contributed by atoms with E-state index >= 15 is 0 Å². The van der Waals surface area contributed by atoms with Crippen LogP contribution in [0.25, 0.3) is 0 Å². The zero-order chi connectivity index (χ0) is 13.0. The van der Waals surface area contributed by atoms with Gasteiger partial charge in [-0.15, -0.1) is 10.2 Å². The zero-order valence-corrected chi connectivity index (χ0v) is 11.1. The summed E-state index contributed by atoms with van der Waals surface area (Å²) in [5, 5.41) is 11.5. The van der Waals surface area contributed by atoms with Crippen LogP contribution in [0.3, 0.4) is 0 Å². The number of halogens is 1. The summed E-state index contributed by atoms with van der Waals surface area (Å²) in [5.74, 6) is 1.45. The quantitative estimate of drug-likeness (QED) is 0.896. The molecule has 0 aliphatic carbocycles. The molecule has 0 bridgehead atoms. The lowest BCUT2D eigenvalue weighted by atomic mass is 10.2. The normalized spacial score (nSPS) is 10.6. The third kappa shape index (κ3) is 2.80. The average molecular weight is 267 g/mol. The number of nitrogens with one attached hydrogen (secondary N) is 1. The average Bonchev–Trinajstić information content (AvgIpc) is 2.75. The summed E-state index contributed by atoms with van der Waals surface area (Å²) in [7, 11) is 3.76. The molecule has 1 aromatic carbocycles. The molecule has 0 saturated carbocycles. The molecule has 0 aliphatic rings. The van der Waals surface area contributed by atoms with Crippen LogP contribution in [-0.4, -0.2) is 21.8 Å². The maximum absolute atomic E-state index is 6.15. The zero-order valence-electron chi connectivity index (χ0n) is 10.4. The lowest BCUT2D eigenvalue weighted by Crippen LogP contribution is -2.09. The van der Waals surface area contributed by atoms with Gasteiger partial charge in [-0.1, -0.05) is 23.7 Å². The number of aromatic nitrogens is 3. The van der Waals surface area contributed by atoms with Crippen molar-refractivity contribution in [2.75, 3.05) is 7.05 Å². The fourth-order valence-corrected chi connectivity index (χ4v) is 1.87. The summed E-state index contributed by atoms with van der Waals surface area (Å²) >= 11 is 6.15. The Morgan fingerprint density at radius 2 is 2.28 bits per heavy atom. The molecule has 1 N–H and O–H groups in total. The third-order valence-electron chi connectivity index (χ3n) is 2.57. The molecule has 0 fully saturated rings. The van der Waals surface area contributed by atoms with Gasteiger partial charge in [0, 0.05) is 19.2 Å². The van der Waals surface area contributed by atoms with E-state index in [1.165, 1.54) is 0 Å². The Bertz CT molecular complexity index is 527. The summed E-state index contributed by atoms with van der Waals surface area (Å²) in [5.41, 5.74) is 1.02. The van der Waals surface area contributed by atoms with E-state index in [0.717, 1.165) is 11.4 Å². The molecule has 0 unspecified atom stereocenters. The Kier molecular flexibility index (Phi) is 4.17. The van der Waals surface area contributed by atoms with Gasteiger partial charge in [-0.25, -0.2) is 0 Å². The SMILES string of the molecule is CNCc1cccc(Cl)c1OCc1nncn1C. The predicted molar refractivity (Wildman–Crippen MR) is 69.6 cm³/mol. The van der Waals surface area contributed by atoms with Crippen molar-refractivity contribution in [1.29, 1.82) is 0 Å². The van der Waals surface area contributed by atoms with Crippen molar-refractivity contribution in [3.8, 4) is 5.75 Å². The minimum absolute atomic E-state index is 0.344. The largest absolute Gasteiger partial charge is 0.484 e. The first-order valence-corrected chi connectivity index (χ1v) is 5.98. The van der Waals surface area contributed by atoms with Gasteiger partial charge in [0.1, 0.15) is 18.7 Å². The van der Waals surface area contributed by atoms with Crippen molar-refractivity contribution in [2.24, 2.45) is 7.05 Å². The van der Waals surface area contributed by atoms with E-state index in [1.807, 2.05) is 36.9 Å². The monoisotopic (exact) mass is 266 g/mol. The molecular weight excluding hydrogens is 252 g/mol. The summed E-state index contributed by atoms with van der Waals surface area (Å²) in [6, 6.07) is 5.70. The van der Waals surface area contributed by atoms with Crippen molar-refractivity contribution in [1.82, 2.24) is 20.1 Å². The highest BCUT2D eigenvalue weighted by Gasteiger charge is 2.09. The lowest BCUT2D eigenvalue weighted by Gasteiger charge is -2.12. The second-order valence-corrected chi connectivity index (χ2v) is 4.31. The van der Waals surface area contributed by atoms with Gasteiger partial charge in [0.05, 0.1) is 5.02 Å². The van der Waals surface area contributed by atoms with Crippen LogP contribution >= 0.6 is 11.6 Å². The summed E-state index contributed by atoms with van der Waals surface area (Å²) in [6.07, 6.45) is 1.64. The number of benzene rings is 1. The first-order valence-electron chi connectivity index (χ1n) is 5.60. The van der Waals surface area contributed by atoms with Crippen LogP contribution in [0.2, 0.25) is 5.02 Å². The van der Waals surface area contributed by atoms with Crippen LogP contribution in [0.15, 0.2) is 24.5 Å². The highest BCUT2D eigenvalue weighted by atomic mass is 35.5. The topological polar surface area (TPSA) is 52.0 Å². The Hall–Kier alpha value is -1.59. The molecule has 0 amide bonds. The first kappa shape index (κ1) is 12.9. The van der Waals surface area contributed by atoms with Gasteiger partial charge in [0.15, 0.2) is 5.82 Å². The van der Waals surface area contributed by atoms with Crippen molar-refractivity contribution in [2.45, 2.75) is 13.2 Å². The fourth-order valence-electron chi connectivity index (χ4n) is 1.62. The van der Waals surface area contributed by atoms with Crippen LogP contribution in [0.4, 0.5) is 0 Å². The van der Waals surface area contributed by atoms with E-state index in [0.29, 0.717) is 23.9 Å². The van der Waals surface area contributed by atoms with Crippen LogP contribution < -0.4 is 10.1 Å². The van der Waals surface area contributed by atoms with Gasteiger partial charge in [-0.05, 0) is 13.1 Å². The molecular formula is C12H15ClN4O. The standard InChI is InChI=1S/C12H15ClN4O/c1-14-6-9-4-3-5-10(13)12(9)18-7-11-16-15-8-17(11)2/h3-5,8,14H,6-7H2,1-2H3. The maximum atomic E-state index is 6.15. The number of aryl methyl sites for hydroxylation is 1. The van der Waals surface area contributed by atoms with Gasteiger partial charge in [0.2, 0.25) is 0 Å². The van der Waals surface area contributed by atoms with E-state index in [2.05, 4.69) is 15.5 Å². The molecule has 1 heterocycles. The Morgan fingerprint density at radius 1 is 1.44 bits per heavy atom. The molecule has 0 spiro atoms.